The van der Waals surface area contributed by atoms with E-state index >= 15 is 0 Å². The summed E-state index contributed by atoms with van der Waals surface area (Å²) < 4.78 is 0. The van der Waals surface area contributed by atoms with E-state index in [2.05, 4.69) is 270 Å². The summed E-state index contributed by atoms with van der Waals surface area (Å²) in [5.74, 6) is 0.678. The number of allylic oxidation sites excluding steroid dienone is 12. The van der Waals surface area contributed by atoms with Gasteiger partial charge in [0.05, 0.1) is 20.8 Å². The van der Waals surface area contributed by atoms with Crippen LogP contribution in [0.15, 0.2) is 270 Å². The van der Waals surface area contributed by atoms with Crippen LogP contribution >= 0.6 is 35.3 Å². The molecular weight excluding hydrogens is 942 g/mol. The monoisotopic (exact) mass is 989 g/mol. The Labute approximate surface area is 441 Å². The standard InChI is InChI=1S/C66H48BN3S3/c1-5-23-43(24-6-1)60-48-31-13-20-38-57(48)71-64(60)68(46-29-11-4-12-30-46)47-41-55-63-56(42-47)70(66-62(45-27-9-3-10-28-45)50-33-15-22-40-59(50)73-66)54-37-19-17-35-52(54)67(63)51-34-16-18-36-53(51)69(55)65-61(44-25-7-2-8-26-44)49-32-14-21-39-58(49)72-65/h1-42,48-50,57-59H. The van der Waals surface area contributed by atoms with Gasteiger partial charge in [-0.05, 0) is 86.2 Å². The summed E-state index contributed by atoms with van der Waals surface area (Å²) >= 11 is 6.03. The quantitative estimate of drug-likeness (QED) is 0.139. The second-order valence-corrected chi connectivity index (χ2v) is 23.2. The lowest BCUT2D eigenvalue weighted by Crippen LogP contribution is -2.62. The van der Waals surface area contributed by atoms with Crippen LogP contribution < -0.4 is 31.1 Å². The number of benzene rings is 7. The summed E-state index contributed by atoms with van der Waals surface area (Å²) in [5, 5.41) is 4.66. The fourth-order valence-corrected chi connectivity index (χ4v) is 17.1. The molecule has 0 spiro atoms. The molecule has 7 aromatic rings. The Morgan fingerprint density at radius 2 is 0.740 bits per heavy atom. The van der Waals surface area contributed by atoms with Gasteiger partial charge in [-0.3, -0.25) is 0 Å². The summed E-state index contributed by atoms with van der Waals surface area (Å²) in [6.45, 7) is -0.00860. The Bertz CT molecular complexity index is 3500. The first-order valence-corrected chi connectivity index (χ1v) is 28.2. The molecule has 15 rings (SSSR count). The van der Waals surface area contributed by atoms with Crippen LogP contribution in [0, 0.1) is 17.8 Å². The molecule has 3 aliphatic carbocycles. The van der Waals surface area contributed by atoms with Gasteiger partial charge in [0, 0.05) is 61.9 Å². The summed E-state index contributed by atoms with van der Waals surface area (Å²) in [5.41, 5.74) is 19.1. The van der Waals surface area contributed by atoms with Gasteiger partial charge in [0.2, 0.25) is 0 Å². The number of hydrogen-bond acceptors (Lipinski definition) is 6. The van der Waals surface area contributed by atoms with Crippen LogP contribution in [0.5, 0.6) is 0 Å². The van der Waals surface area contributed by atoms with Crippen molar-refractivity contribution in [2.75, 3.05) is 14.7 Å². The zero-order chi connectivity index (χ0) is 48.0. The fourth-order valence-electron chi connectivity index (χ4n) is 12.6. The molecule has 3 nitrogen and oxygen atoms in total. The molecule has 348 valence electrons. The van der Waals surface area contributed by atoms with Crippen LogP contribution in [0.1, 0.15) is 16.7 Å². The van der Waals surface area contributed by atoms with Crippen molar-refractivity contribution in [2.45, 2.75) is 15.7 Å². The maximum atomic E-state index is 2.69. The minimum absolute atomic E-state index is 0.00860. The molecule has 6 atom stereocenters. The Balaban J connectivity index is 1.07. The SMILES string of the molecule is C1=CC2SC(N(c3ccccc3)c3cc4c5c(c3)N(C3=C(c6ccccc6)C6C=CC=CC6S3)c3ccccc3B5c3ccccc3N4C3=C(c4ccccc4)C4C=CC=CC4S3)=C(c3ccccc3)C2C=C1. The largest absolute Gasteiger partial charge is 0.305 e. The number of rotatable bonds is 8. The van der Waals surface area contributed by atoms with E-state index in [0.717, 1.165) is 11.4 Å². The first-order chi connectivity index (χ1) is 36.3. The van der Waals surface area contributed by atoms with Crippen molar-refractivity contribution < 1.29 is 0 Å². The molecular formula is C66H48BN3S3. The Kier molecular flexibility index (Phi) is 10.5. The molecule has 0 radical (unpaired) electrons. The zero-order valence-corrected chi connectivity index (χ0v) is 42.3. The van der Waals surface area contributed by atoms with Gasteiger partial charge >= 0.3 is 0 Å². The number of thioether (sulfide) groups is 3. The summed E-state index contributed by atoms with van der Waals surface area (Å²) in [6.07, 6.45) is 28.0. The van der Waals surface area contributed by atoms with Crippen molar-refractivity contribution >= 4 is 109 Å². The van der Waals surface area contributed by atoms with E-state index in [1.165, 1.54) is 87.6 Å². The number of anilines is 6. The van der Waals surface area contributed by atoms with E-state index in [-0.39, 0.29) is 40.2 Å². The lowest BCUT2D eigenvalue weighted by molar-refractivity contribution is 0.874. The van der Waals surface area contributed by atoms with Crippen molar-refractivity contribution in [1.82, 2.24) is 0 Å². The van der Waals surface area contributed by atoms with Crippen molar-refractivity contribution in [3.8, 4) is 0 Å². The molecule has 6 unspecified atom stereocenters. The number of nitrogens with zero attached hydrogens (tertiary/aromatic N) is 3. The van der Waals surface area contributed by atoms with Gasteiger partial charge < -0.3 is 14.7 Å². The number of hydrogen-bond donors (Lipinski definition) is 0. The van der Waals surface area contributed by atoms with Gasteiger partial charge in [-0.2, -0.15) is 0 Å². The van der Waals surface area contributed by atoms with Gasteiger partial charge in [0.25, 0.3) is 6.71 Å². The fraction of sp³-hybridized carbons (Fsp3) is 0.0909. The second-order valence-electron chi connectivity index (χ2n) is 19.7. The highest BCUT2D eigenvalue weighted by molar-refractivity contribution is 8.05. The predicted molar refractivity (Wildman–Crippen MR) is 316 cm³/mol. The summed E-state index contributed by atoms with van der Waals surface area (Å²) in [7, 11) is 0. The summed E-state index contributed by atoms with van der Waals surface area (Å²) in [6, 6.07) is 68.4. The van der Waals surface area contributed by atoms with Gasteiger partial charge in [0.15, 0.2) is 0 Å². The third-order valence-electron chi connectivity index (χ3n) is 15.7. The van der Waals surface area contributed by atoms with E-state index in [1.54, 1.807) is 0 Å². The van der Waals surface area contributed by atoms with Crippen molar-refractivity contribution in [1.29, 1.82) is 0 Å². The Hall–Kier alpha value is -7.29. The first-order valence-electron chi connectivity index (χ1n) is 25.5. The minimum Gasteiger partial charge on any atom is -0.305 e. The maximum absolute atomic E-state index is 2.69. The van der Waals surface area contributed by atoms with Gasteiger partial charge in [-0.1, -0.05) is 254 Å². The van der Waals surface area contributed by atoms with Crippen molar-refractivity contribution in [2.24, 2.45) is 17.8 Å². The molecule has 7 aromatic carbocycles. The molecule has 5 heterocycles. The van der Waals surface area contributed by atoms with Crippen LogP contribution in [0.3, 0.4) is 0 Å². The van der Waals surface area contributed by atoms with Crippen LogP contribution in [0.4, 0.5) is 34.1 Å². The van der Waals surface area contributed by atoms with E-state index in [4.69, 9.17) is 0 Å². The van der Waals surface area contributed by atoms with E-state index < -0.39 is 0 Å². The third-order valence-corrected chi connectivity index (χ3v) is 19.7. The van der Waals surface area contributed by atoms with Crippen LogP contribution in [-0.2, 0) is 0 Å². The van der Waals surface area contributed by atoms with Crippen LogP contribution in [0.25, 0.3) is 16.7 Å². The van der Waals surface area contributed by atoms with Crippen LogP contribution in [-0.4, -0.2) is 22.5 Å². The molecule has 0 saturated carbocycles. The average Bonchev–Trinajstić information content (AvgIpc) is 4.17. The Morgan fingerprint density at radius 3 is 1.22 bits per heavy atom. The van der Waals surface area contributed by atoms with Crippen LogP contribution in [0.2, 0.25) is 0 Å². The highest BCUT2D eigenvalue weighted by atomic mass is 32.2. The molecule has 8 aliphatic rings. The average molecular weight is 990 g/mol. The van der Waals surface area contributed by atoms with Crippen molar-refractivity contribution in [3.63, 3.8) is 0 Å². The van der Waals surface area contributed by atoms with E-state index in [1.807, 2.05) is 35.3 Å². The minimum atomic E-state index is -0.00860. The molecule has 73 heavy (non-hydrogen) atoms. The van der Waals surface area contributed by atoms with E-state index in [9.17, 15) is 0 Å². The number of fused-ring (bicyclic) bond motifs is 7. The maximum Gasteiger partial charge on any atom is 0.252 e. The molecule has 0 N–H and O–H groups in total. The molecule has 0 saturated heterocycles. The molecule has 0 aromatic heterocycles. The second kappa shape index (κ2) is 17.7. The van der Waals surface area contributed by atoms with Gasteiger partial charge in [0.1, 0.15) is 0 Å². The molecule has 0 bridgehead atoms. The predicted octanol–water partition coefficient (Wildman–Crippen LogP) is 14.9. The highest BCUT2D eigenvalue weighted by Gasteiger charge is 2.49. The van der Waals surface area contributed by atoms with Gasteiger partial charge in [-0.15, -0.1) is 0 Å². The molecule has 7 heteroatoms. The molecule has 5 aliphatic heterocycles. The normalized spacial score (nSPS) is 23.4. The third kappa shape index (κ3) is 6.93. The van der Waals surface area contributed by atoms with E-state index in [0.29, 0.717) is 0 Å². The lowest BCUT2D eigenvalue weighted by Gasteiger charge is -2.45. The first kappa shape index (κ1) is 43.3. The van der Waals surface area contributed by atoms with Crippen molar-refractivity contribution in [3.05, 3.63) is 287 Å². The Morgan fingerprint density at radius 1 is 0.356 bits per heavy atom. The topological polar surface area (TPSA) is 9.72 Å². The molecule has 0 fully saturated rings. The highest BCUT2D eigenvalue weighted by Crippen LogP contribution is 2.59. The smallest absolute Gasteiger partial charge is 0.252 e. The molecule has 0 amide bonds. The van der Waals surface area contributed by atoms with Gasteiger partial charge in [-0.25, -0.2) is 0 Å². The summed E-state index contributed by atoms with van der Waals surface area (Å²) in [4.78, 5) is 7.99. The lowest BCUT2D eigenvalue weighted by atomic mass is 9.33. The number of para-hydroxylation sites is 3. The zero-order valence-electron chi connectivity index (χ0n) is 39.9.